The van der Waals surface area contributed by atoms with Crippen LogP contribution in [0.1, 0.15) is 26.3 Å². The molecule has 1 aromatic carbocycles. The second-order valence-electron chi connectivity index (χ2n) is 3.03. The predicted molar refractivity (Wildman–Crippen MR) is 54.5 cm³/mol. The first-order valence-electron chi connectivity index (χ1n) is 4.60. The van der Waals surface area contributed by atoms with Gasteiger partial charge in [-0.25, -0.2) is 4.79 Å². The summed E-state index contributed by atoms with van der Waals surface area (Å²) in [5.41, 5.74) is -0.810. The van der Waals surface area contributed by atoms with Gasteiger partial charge in [-0.2, -0.15) is 14.0 Å². The molecule has 1 aromatic rings. The first-order valence-corrected chi connectivity index (χ1v) is 4.60. The molecule has 94 valence electrons. The Morgan fingerprint density at radius 1 is 1.50 bits per heavy atom. The molecule has 0 fully saturated rings. The molecule has 0 amide bonds. The predicted octanol–water partition coefficient (Wildman–Crippen LogP) is 1.76. The average molecular weight is 255 g/mol. The minimum absolute atomic E-state index is 0.253. The molecule has 18 heavy (non-hydrogen) atoms. The van der Waals surface area contributed by atoms with Gasteiger partial charge >= 0.3 is 12.6 Å². The molecule has 0 unspecified atom stereocenters. The number of nitriles is 1. The lowest BCUT2D eigenvalue weighted by Crippen LogP contribution is -2.10. The lowest BCUT2D eigenvalue weighted by Gasteiger charge is -2.09. The van der Waals surface area contributed by atoms with Crippen LogP contribution in [0, 0.1) is 11.3 Å². The minimum Gasteiger partial charge on any atom is -0.465 e. The summed E-state index contributed by atoms with van der Waals surface area (Å²) in [6.45, 7) is -3.10. The topological polar surface area (TPSA) is 76.4 Å². The molecule has 0 spiro atoms. The van der Waals surface area contributed by atoms with Gasteiger partial charge in [0.25, 0.3) is 0 Å². The summed E-state index contributed by atoms with van der Waals surface area (Å²) in [6.07, 6.45) is 0.255. The van der Waals surface area contributed by atoms with E-state index in [1.54, 1.807) is 6.07 Å². The molecule has 0 radical (unpaired) electrons. The van der Waals surface area contributed by atoms with Gasteiger partial charge in [-0.15, -0.1) is 0 Å². The first kappa shape index (κ1) is 13.6. The molecule has 0 saturated carbocycles. The first-order chi connectivity index (χ1) is 8.53. The smallest absolute Gasteiger partial charge is 0.387 e. The molecule has 5 nitrogen and oxygen atoms in total. The summed E-state index contributed by atoms with van der Waals surface area (Å²) in [5, 5.41) is 8.82. The zero-order valence-corrected chi connectivity index (χ0v) is 9.15. The van der Waals surface area contributed by atoms with E-state index < -0.39 is 12.6 Å². The fraction of sp³-hybridized carbons (Fsp3) is 0.182. The number of hydrogen-bond donors (Lipinski definition) is 0. The number of aldehydes is 1. The normalized spacial score (nSPS) is 9.72. The van der Waals surface area contributed by atoms with Crippen LogP contribution in [0.3, 0.4) is 0 Å². The number of ether oxygens (including phenoxy) is 2. The van der Waals surface area contributed by atoms with Crippen molar-refractivity contribution < 1.29 is 27.8 Å². The Kier molecular flexibility index (Phi) is 4.32. The van der Waals surface area contributed by atoms with Gasteiger partial charge in [0, 0.05) is 5.56 Å². The Labute approximate surface area is 101 Å². The Hall–Kier alpha value is -2.49. The van der Waals surface area contributed by atoms with Crippen molar-refractivity contribution in [3.63, 3.8) is 0 Å². The van der Waals surface area contributed by atoms with E-state index in [2.05, 4.69) is 9.47 Å². The van der Waals surface area contributed by atoms with Gasteiger partial charge in [-0.05, 0) is 12.1 Å². The van der Waals surface area contributed by atoms with Crippen molar-refractivity contribution in [1.29, 1.82) is 5.26 Å². The van der Waals surface area contributed by atoms with Gasteiger partial charge in [0.15, 0.2) is 6.29 Å². The third-order valence-electron chi connectivity index (χ3n) is 2.00. The molecule has 0 aliphatic carbocycles. The maximum Gasteiger partial charge on any atom is 0.387 e. The van der Waals surface area contributed by atoms with Crippen molar-refractivity contribution in [3.8, 4) is 11.8 Å². The van der Waals surface area contributed by atoms with Gasteiger partial charge in [-0.3, -0.25) is 4.79 Å². The molecule has 0 heterocycles. The maximum absolute atomic E-state index is 12.0. The summed E-state index contributed by atoms with van der Waals surface area (Å²) in [7, 11) is 1.07. The molecule has 0 aromatic heterocycles. The third kappa shape index (κ3) is 2.79. The fourth-order valence-electron chi connectivity index (χ4n) is 1.32. The van der Waals surface area contributed by atoms with Crippen molar-refractivity contribution >= 4 is 12.3 Å². The van der Waals surface area contributed by atoms with Crippen molar-refractivity contribution in [3.05, 3.63) is 28.8 Å². The zero-order valence-electron chi connectivity index (χ0n) is 9.15. The van der Waals surface area contributed by atoms with Crippen LogP contribution >= 0.6 is 0 Å². The van der Waals surface area contributed by atoms with Crippen LogP contribution in [0.4, 0.5) is 8.78 Å². The van der Waals surface area contributed by atoms with E-state index in [4.69, 9.17) is 5.26 Å². The largest absolute Gasteiger partial charge is 0.465 e. The zero-order chi connectivity index (χ0) is 13.7. The monoisotopic (exact) mass is 255 g/mol. The SMILES string of the molecule is COC(=O)c1c(C#N)cc(OC(F)F)cc1C=O. The van der Waals surface area contributed by atoms with Crippen molar-refractivity contribution in [2.24, 2.45) is 0 Å². The van der Waals surface area contributed by atoms with Crippen LogP contribution in [-0.2, 0) is 4.74 Å². The Bertz CT molecular complexity index is 523. The number of rotatable bonds is 4. The summed E-state index contributed by atoms with van der Waals surface area (Å²) in [5.74, 6) is -1.28. The van der Waals surface area contributed by atoms with Gasteiger partial charge in [0.05, 0.1) is 18.2 Å². The van der Waals surface area contributed by atoms with E-state index in [-0.39, 0.29) is 28.7 Å². The number of carbonyl (C=O) groups excluding carboxylic acids is 2. The molecule has 0 bridgehead atoms. The van der Waals surface area contributed by atoms with E-state index in [1.165, 1.54) is 0 Å². The Morgan fingerprint density at radius 2 is 2.17 bits per heavy atom. The van der Waals surface area contributed by atoms with Crippen molar-refractivity contribution in [1.82, 2.24) is 0 Å². The highest BCUT2D eigenvalue weighted by molar-refractivity contribution is 6.00. The number of methoxy groups -OCH3 is 1. The van der Waals surface area contributed by atoms with Gasteiger partial charge in [-0.1, -0.05) is 0 Å². The van der Waals surface area contributed by atoms with Gasteiger partial charge in [0.2, 0.25) is 0 Å². The van der Waals surface area contributed by atoms with E-state index in [1.807, 2.05) is 0 Å². The highest BCUT2D eigenvalue weighted by Gasteiger charge is 2.19. The molecular formula is C11H7F2NO4. The van der Waals surface area contributed by atoms with E-state index in [9.17, 15) is 18.4 Å². The molecular weight excluding hydrogens is 248 g/mol. The molecule has 0 N–H and O–H groups in total. The second kappa shape index (κ2) is 5.72. The molecule has 7 heteroatoms. The average Bonchev–Trinajstić information content (AvgIpc) is 2.35. The Morgan fingerprint density at radius 3 is 2.61 bits per heavy atom. The van der Waals surface area contributed by atoms with E-state index in [0.717, 1.165) is 19.2 Å². The minimum atomic E-state index is -3.10. The van der Waals surface area contributed by atoms with Crippen molar-refractivity contribution in [2.75, 3.05) is 7.11 Å². The highest BCUT2D eigenvalue weighted by Crippen LogP contribution is 2.23. The lowest BCUT2D eigenvalue weighted by atomic mass is 10.0. The maximum atomic E-state index is 12.0. The molecule has 0 atom stereocenters. The summed E-state index contributed by atoms with van der Waals surface area (Å²) < 4.78 is 32.5. The van der Waals surface area contributed by atoms with Gasteiger partial charge in [0.1, 0.15) is 11.8 Å². The number of halogens is 2. The third-order valence-corrected chi connectivity index (χ3v) is 2.00. The number of carbonyl (C=O) groups is 2. The van der Waals surface area contributed by atoms with Crippen LogP contribution in [0.15, 0.2) is 12.1 Å². The number of nitrogens with zero attached hydrogens (tertiary/aromatic N) is 1. The number of benzene rings is 1. The quantitative estimate of drug-likeness (QED) is 0.605. The van der Waals surface area contributed by atoms with E-state index in [0.29, 0.717) is 0 Å². The summed E-state index contributed by atoms with van der Waals surface area (Å²) >= 11 is 0. The highest BCUT2D eigenvalue weighted by atomic mass is 19.3. The molecule has 0 aliphatic heterocycles. The van der Waals surface area contributed by atoms with Gasteiger partial charge < -0.3 is 9.47 Å². The standard InChI is InChI=1S/C11H7F2NO4/c1-17-10(16)9-6(4-14)2-8(18-11(12)13)3-7(9)5-15/h2-3,5,11H,1H3. The van der Waals surface area contributed by atoms with Crippen LogP contribution in [0.25, 0.3) is 0 Å². The van der Waals surface area contributed by atoms with Crippen LogP contribution in [-0.4, -0.2) is 26.0 Å². The molecule has 0 aliphatic rings. The van der Waals surface area contributed by atoms with Crippen LogP contribution in [0.2, 0.25) is 0 Å². The number of esters is 1. The van der Waals surface area contributed by atoms with Crippen molar-refractivity contribution in [2.45, 2.75) is 6.61 Å². The van der Waals surface area contributed by atoms with E-state index >= 15 is 0 Å². The lowest BCUT2D eigenvalue weighted by molar-refractivity contribution is -0.0498. The van der Waals surface area contributed by atoms with Crippen LogP contribution in [0.5, 0.6) is 5.75 Å². The second-order valence-corrected chi connectivity index (χ2v) is 3.03. The number of hydrogen-bond acceptors (Lipinski definition) is 5. The molecule has 0 saturated heterocycles. The van der Waals surface area contributed by atoms with Crippen LogP contribution < -0.4 is 4.74 Å². The summed E-state index contributed by atoms with van der Waals surface area (Å²) in [4.78, 5) is 22.2. The fourth-order valence-corrected chi connectivity index (χ4v) is 1.32. The number of alkyl halides is 2. The molecule has 1 rings (SSSR count). The Balaban J connectivity index is 3.40. The summed E-state index contributed by atoms with van der Waals surface area (Å²) in [6, 6.07) is 3.49.